The molecular weight excluding hydrogens is 280 g/mol. The van der Waals surface area contributed by atoms with Gasteiger partial charge in [0.1, 0.15) is 11.5 Å². The molecule has 1 atom stereocenters. The molecule has 2 N–H and O–H groups in total. The zero-order valence-corrected chi connectivity index (χ0v) is 13.1. The van der Waals surface area contributed by atoms with Crippen molar-refractivity contribution in [1.82, 2.24) is 5.32 Å². The number of hydrogen-bond donors (Lipinski definition) is 2. The lowest BCUT2D eigenvalue weighted by Crippen LogP contribution is -2.34. The summed E-state index contributed by atoms with van der Waals surface area (Å²) in [5.41, 5.74) is 0.371. The SMILES string of the molecule is CCNCC(C)S(=O)(=O)Nc1cc(OC)ccc1OC. The highest BCUT2D eigenvalue weighted by atomic mass is 32.2. The number of hydrogen-bond acceptors (Lipinski definition) is 5. The first-order valence-electron chi connectivity index (χ1n) is 6.39. The van der Waals surface area contributed by atoms with E-state index < -0.39 is 15.3 Å². The zero-order valence-electron chi connectivity index (χ0n) is 12.3. The second-order valence-electron chi connectivity index (χ2n) is 4.33. The molecule has 7 heteroatoms. The Hall–Kier alpha value is -1.47. The first-order valence-corrected chi connectivity index (χ1v) is 7.93. The van der Waals surface area contributed by atoms with Crippen LogP contribution in [-0.2, 0) is 10.0 Å². The minimum Gasteiger partial charge on any atom is -0.497 e. The number of benzene rings is 1. The maximum Gasteiger partial charge on any atom is 0.236 e. The number of methoxy groups -OCH3 is 2. The Kier molecular flexibility index (Phi) is 6.09. The van der Waals surface area contributed by atoms with E-state index in [1.807, 2.05) is 6.92 Å². The van der Waals surface area contributed by atoms with Gasteiger partial charge in [-0.05, 0) is 25.6 Å². The maximum atomic E-state index is 12.2. The van der Waals surface area contributed by atoms with Crippen molar-refractivity contribution in [2.45, 2.75) is 19.1 Å². The van der Waals surface area contributed by atoms with Crippen LogP contribution in [0.1, 0.15) is 13.8 Å². The summed E-state index contributed by atoms with van der Waals surface area (Å²) in [5.74, 6) is 1.01. The first-order chi connectivity index (χ1) is 9.44. The summed E-state index contributed by atoms with van der Waals surface area (Å²) in [7, 11) is -0.482. The number of anilines is 1. The molecule has 0 saturated carbocycles. The van der Waals surface area contributed by atoms with Gasteiger partial charge >= 0.3 is 0 Å². The van der Waals surface area contributed by atoms with Crippen molar-refractivity contribution < 1.29 is 17.9 Å². The van der Waals surface area contributed by atoms with Crippen LogP contribution < -0.4 is 19.5 Å². The first kappa shape index (κ1) is 16.6. The molecule has 0 bridgehead atoms. The second kappa shape index (κ2) is 7.35. The highest BCUT2D eigenvalue weighted by Crippen LogP contribution is 2.30. The molecule has 1 unspecified atom stereocenters. The highest BCUT2D eigenvalue weighted by Gasteiger charge is 2.21. The summed E-state index contributed by atoms with van der Waals surface area (Å²) in [5, 5.41) is 2.46. The largest absolute Gasteiger partial charge is 0.497 e. The number of ether oxygens (including phenoxy) is 2. The molecule has 114 valence electrons. The predicted molar refractivity (Wildman–Crippen MR) is 80.1 cm³/mol. The number of nitrogens with one attached hydrogen (secondary N) is 2. The van der Waals surface area contributed by atoms with Crippen molar-refractivity contribution in [2.24, 2.45) is 0 Å². The van der Waals surface area contributed by atoms with E-state index in [1.165, 1.54) is 14.2 Å². The van der Waals surface area contributed by atoms with E-state index in [1.54, 1.807) is 25.1 Å². The molecule has 1 aromatic carbocycles. The van der Waals surface area contributed by atoms with Crippen LogP contribution in [0.25, 0.3) is 0 Å². The van der Waals surface area contributed by atoms with Crippen molar-refractivity contribution in [3.05, 3.63) is 18.2 Å². The van der Waals surface area contributed by atoms with Gasteiger partial charge in [0.15, 0.2) is 0 Å². The lowest BCUT2D eigenvalue weighted by atomic mass is 10.3. The average molecular weight is 302 g/mol. The van der Waals surface area contributed by atoms with Gasteiger partial charge in [0, 0.05) is 12.6 Å². The Bertz CT molecular complexity index is 531. The summed E-state index contributed by atoms with van der Waals surface area (Å²) in [6.45, 7) is 4.69. The van der Waals surface area contributed by atoms with Crippen molar-refractivity contribution >= 4 is 15.7 Å². The predicted octanol–water partition coefficient (Wildman–Crippen LogP) is 1.44. The van der Waals surface area contributed by atoms with Gasteiger partial charge < -0.3 is 14.8 Å². The molecule has 0 aromatic heterocycles. The fourth-order valence-corrected chi connectivity index (χ4v) is 2.61. The van der Waals surface area contributed by atoms with Gasteiger partial charge in [-0.1, -0.05) is 6.92 Å². The molecule has 1 aromatic rings. The fourth-order valence-electron chi connectivity index (χ4n) is 1.60. The van der Waals surface area contributed by atoms with E-state index in [0.717, 1.165) is 6.54 Å². The maximum absolute atomic E-state index is 12.2. The third-order valence-corrected chi connectivity index (χ3v) is 4.60. The normalized spacial score (nSPS) is 12.8. The molecule has 0 aliphatic heterocycles. The standard InChI is InChI=1S/C13H22N2O4S/c1-5-14-9-10(2)20(16,17)15-12-8-11(18-3)6-7-13(12)19-4/h6-8,10,14-15H,5,9H2,1-4H3. The lowest BCUT2D eigenvalue weighted by molar-refractivity contribution is 0.405. The van der Waals surface area contributed by atoms with Gasteiger partial charge in [0.05, 0.1) is 25.2 Å². The van der Waals surface area contributed by atoms with Gasteiger partial charge in [-0.25, -0.2) is 8.42 Å². The molecule has 0 heterocycles. The molecule has 20 heavy (non-hydrogen) atoms. The van der Waals surface area contributed by atoms with Gasteiger partial charge in [0.25, 0.3) is 0 Å². The van der Waals surface area contributed by atoms with E-state index in [4.69, 9.17) is 9.47 Å². The van der Waals surface area contributed by atoms with Gasteiger partial charge in [0.2, 0.25) is 10.0 Å². The lowest BCUT2D eigenvalue weighted by Gasteiger charge is -2.17. The second-order valence-corrected chi connectivity index (χ2v) is 6.43. The number of rotatable bonds is 8. The van der Waals surface area contributed by atoms with Crippen LogP contribution in [0.2, 0.25) is 0 Å². The minimum atomic E-state index is -3.49. The Morgan fingerprint density at radius 1 is 1.25 bits per heavy atom. The quantitative estimate of drug-likeness (QED) is 0.760. The van der Waals surface area contributed by atoms with Gasteiger partial charge in [-0.15, -0.1) is 0 Å². The smallest absolute Gasteiger partial charge is 0.236 e. The molecule has 0 spiro atoms. The Labute approximate surface area is 120 Å². The monoisotopic (exact) mass is 302 g/mol. The summed E-state index contributed by atoms with van der Waals surface area (Å²) in [6, 6.07) is 4.96. The molecule has 0 aliphatic carbocycles. The van der Waals surface area contributed by atoms with Crippen LogP contribution >= 0.6 is 0 Å². The molecule has 6 nitrogen and oxygen atoms in total. The van der Waals surface area contributed by atoms with Crippen LogP contribution in [0.4, 0.5) is 5.69 Å². The van der Waals surface area contributed by atoms with E-state index in [9.17, 15) is 8.42 Å². The average Bonchev–Trinajstić information content (AvgIpc) is 2.44. The molecular formula is C13H22N2O4S. The Balaban J connectivity index is 2.95. The third-order valence-electron chi connectivity index (χ3n) is 2.87. The van der Waals surface area contributed by atoms with Crippen molar-refractivity contribution in [3.8, 4) is 11.5 Å². The molecule has 0 amide bonds. The summed E-state index contributed by atoms with van der Waals surface area (Å²) in [4.78, 5) is 0. The molecule has 0 fully saturated rings. The van der Waals surface area contributed by atoms with Crippen LogP contribution in [0, 0.1) is 0 Å². The molecule has 0 aliphatic rings. The summed E-state index contributed by atoms with van der Waals surface area (Å²) in [6.07, 6.45) is 0. The van der Waals surface area contributed by atoms with E-state index in [2.05, 4.69) is 10.0 Å². The molecule has 0 saturated heterocycles. The molecule has 0 radical (unpaired) electrons. The minimum absolute atomic E-state index is 0.371. The van der Waals surface area contributed by atoms with Crippen LogP contribution in [0.5, 0.6) is 11.5 Å². The zero-order chi connectivity index (χ0) is 15.2. The van der Waals surface area contributed by atoms with E-state index in [-0.39, 0.29) is 0 Å². The van der Waals surface area contributed by atoms with Crippen molar-refractivity contribution in [1.29, 1.82) is 0 Å². The van der Waals surface area contributed by atoms with Crippen molar-refractivity contribution in [3.63, 3.8) is 0 Å². The van der Waals surface area contributed by atoms with Crippen LogP contribution in [0.15, 0.2) is 18.2 Å². The van der Waals surface area contributed by atoms with Gasteiger partial charge in [-0.2, -0.15) is 0 Å². The van der Waals surface area contributed by atoms with Crippen LogP contribution in [0.3, 0.4) is 0 Å². The summed E-state index contributed by atoms with van der Waals surface area (Å²) >= 11 is 0. The Morgan fingerprint density at radius 3 is 2.50 bits per heavy atom. The third kappa shape index (κ3) is 4.28. The van der Waals surface area contributed by atoms with Crippen molar-refractivity contribution in [2.75, 3.05) is 32.0 Å². The van der Waals surface area contributed by atoms with E-state index >= 15 is 0 Å². The fraction of sp³-hybridized carbons (Fsp3) is 0.538. The topological polar surface area (TPSA) is 76.7 Å². The Morgan fingerprint density at radius 2 is 1.95 bits per heavy atom. The highest BCUT2D eigenvalue weighted by molar-refractivity contribution is 7.93. The molecule has 1 rings (SSSR count). The van der Waals surface area contributed by atoms with E-state index in [0.29, 0.717) is 23.7 Å². The van der Waals surface area contributed by atoms with Gasteiger partial charge in [-0.3, -0.25) is 4.72 Å². The van der Waals surface area contributed by atoms with Crippen LogP contribution in [-0.4, -0.2) is 41.0 Å². The summed E-state index contributed by atoms with van der Waals surface area (Å²) < 4.78 is 37.2. The number of sulfonamides is 1.